The Kier molecular flexibility index (Phi) is 4.41. The zero-order chi connectivity index (χ0) is 15.6. The third kappa shape index (κ3) is 3.13. The molecule has 0 unspecified atom stereocenters. The highest BCUT2D eigenvalue weighted by molar-refractivity contribution is 6.00. The highest BCUT2D eigenvalue weighted by Crippen LogP contribution is 2.23. The van der Waals surface area contributed by atoms with Crippen LogP contribution >= 0.6 is 0 Å². The van der Waals surface area contributed by atoms with Crippen LogP contribution in [0.3, 0.4) is 0 Å². The second kappa shape index (κ2) is 6.08. The van der Waals surface area contributed by atoms with Gasteiger partial charge in [-0.2, -0.15) is 0 Å². The van der Waals surface area contributed by atoms with Gasteiger partial charge in [0.15, 0.2) is 17.3 Å². The summed E-state index contributed by atoms with van der Waals surface area (Å²) in [5.74, 6) is -0.370. The average Bonchev–Trinajstić information content (AvgIpc) is 2.40. The van der Waals surface area contributed by atoms with Crippen LogP contribution in [0.2, 0.25) is 0 Å². The molecule has 0 aliphatic carbocycles. The number of aryl methyl sites for hydroxylation is 3. The zero-order valence-corrected chi connectivity index (χ0v) is 12.8. The standard InChI is InChI=1S/C18H19FO2/c1-11-8-12(2)17(13(3)9-11)15(20)10-14-6-5-7-16(21-4)18(14)19/h5-9H,10H2,1-4H3. The van der Waals surface area contributed by atoms with E-state index in [1.165, 1.54) is 7.11 Å². The molecule has 2 aromatic carbocycles. The molecule has 0 N–H and O–H groups in total. The van der Waals surface area contributed by atoms with Crippen molar-refractivity contribution >= 4 is 5.78 Å². The Bertz CT molecular complexity index is 667. The predicted octanol–water partition coefficient (Wildman–Crippen LogP) is 4.18. The molecule has 3 heteroatoms. The number of carbonyl (C=O) groups excluding carboxylic acids is 1. The lowest BCUT2D eigenvalue weighted by Crippen LogP contribution is -2.10. The van der Waals surface area contributed by atoms with Crippen molar-refractivity contribution in [3.05, 3.63) is 64.0 Å². The number of ether oxygens (including phenoxy) is 1. The third-order valence-electron chi connectivity index (χ3n) is 3.57. The number of rotatable bonds is 4. The van der Waals surface area contributed by atoms with Crippen LogP contribution in [0.15, 0.2) is 30.3 Å². The molecule has 0 spiro atoms. The minimum atomic E-state index is -0.462. The normalized spacial score (nSPS) is 10.5. The van der Waals surface area contributed by atoms with Crippen LogP contribution in [0.1, 0.15) is 32.6 Å². The molecule has 0 saturated heterocycles. The van der Waals surface area contributed by atoms with Gasteiger partial charge in [-0.25, -0.2) is 4.39 Å². The van der Waals surface area contributed by atoms with Crippen molar-refractivity contribution in [3.63, 3.8) is 0 Å². The monoisotopic (exact) mass is 286 g/mol. The Balaban J connectivity index is 2.35. The molecule has 0 bridgehead atoms. The topological polar surface area (TPSA) is 26.3 Å². The van der Waals surface area contributed by atoms with Gasteiger partial charge in [0.05, 0.1) is 7.11 Å². The summed E-state index contributed by atoms with van der Waals surface area (Å²) in [6.07, 6.45) is 0.0355. The van der Waals surface area contributed by atoms with Gasteiger partial charge in [0.25, 0.3) is 0 Å². The second-order valence-corrected chi connectivity index (χ2v) is 5.31. The second-order valence-electron chi connectivity index (χ2n) is 5.31. The SMILES string of the molecule is COc1cccc(CC(=O)c2c(C)cc(C)cc2C)c1F. The number of hydrogen-bond donors (Lipinski definition) is 0. The van der Waals surface area contributed by atoms with Crippen molar-refractivity contribution in [1.29, 1.82) is 0 Å². The van der Waals surface area contributed by atoms with Crippen LogP contribution in [-0.4, -0.2) is 12.9 Å². The summed E-state index contributed by atoms with van der Waals surface area (Å²) in [5.41, 5.74) is 4.03. The van der Waals surface area contributed by atoms with E-state index in [0.29, 0.717) is 11.1 Å². The molecule has 0 amide bonds. The number of Topliss-reactive ketones (excluding diaryl/α,β-unsaturated/α-hetero) is 1. The maximum absolute atomic E-state index is 14.1. The maximum Gasteiger partial charge on any atom is 0.168 e. The van der Waals surface area contributed by atoms with Gasteiger partial charge in [-0.1, -0.05) is 29.8 Å². The van der Waals surface area contributed by atoms with Crippen LogP contribution in [0.25, 0.3) is 0 Å². The van der Waals surface area contributed by atoms with E-state index in [0.717, 1.165) is 16.7 Å². The van der Waals surface area contributed by atoms with E-state index < -0.39 is 5.82 Å². The van der Waals surface area contributed by atoms with Crippen LogP contribution in [0.5, 0.6) is 5.75 Å². The Morgan fingerprint density at radius 1 is 1.14 bits per heavy atom. The minimum Gasteiger partial charge on any atom is -0.494 e. The van der Waals surface area contributed by atoms with Gasteiger partial charge in [-0.05, 0) is 43.5 Å². The van der Waals surface area contributed by atoms with E-state index >= 15 is 0 Å². The first-order valence-corrected chi connectivity index (χ1v) is 6.86. The molecule has 0 saturated carbocycles. The van der Waals surface area contributed by atoms with Crippen molar-refractivity contribution in [2.24, 2.45) is 0 Å². The molecular weight excluding hydrogens is 267 g/mol. The van der Waals surface area contributed by atoms with E-state index in [9.17, 15) is 9.18 Å². The number of ketones is 1. The number of benzene rings is 2. The molecule has 0 aliphatic heterocycles. The minimum absolute atomic E-state index is 0.0355. The highest BCUT2D eigenvalue weighted by Gasteiger charge is 2.17. The molecule has 0 heterocycles. The number of hydrogen-bond acceptors (Lipinski definition) is 2. The molecule has 2 aromatic rings. The first-order valence-electron chi connectivity index (χ1n) is 6.86. The maximum atomic E-state index is 14.1. The highest BCUT2D eigenvalue weighted by atomic mass is 19.1. The van der Waals surface area contributed by atoms with E-state index in [1.807, 2.05) is 32.9 Å². The van der Waals surface area contributed by atoms with Gasteiger partial charge in [0.1, 0.15) is 0 Å². The predicted molar refractivity (Wildman–Crippen MR) is 81.6 cm³/mol. The van der Waals surface area contributed by atoms with Crippen LogP contribution in [0, 0.1) is 26.6 Å². The lowest BCUT2D eigenvalue weighted by molar-refractivity contribution is 0.0990. The van der Waals surface area contributed by atoms with Crippen LogP contribution in [-0.2, 0) is 6.42 Å². The first-order chi connectivity index (χ1) is 9.93. The Morgan fingerprint density at radius 2 is 1.76 bits per heavy atom. The average molecular weight is 286 g/mol. The van der Waals surface area contributed by atoms with E-state index in [4.69, 9.17) is 4.74 Å². The van der Waals surface area contributed by atoms with Gasteiger partial charge in [-0.3, -0.25) is 4.79 Å². The molecule has 0 aliphatic rings. The molecule has 110 valence electrons. The van der Waals surface area contributed by atoms with E-state index in [1.54, 1.807) is 18.2 Å². The van der Waals surface area contributed by atoms with Crippen molar-refractivity contribution in [2.75, 3.05) is 7.11 Å². The number of carbonyl (C=O) groups is 1. The van der Waals surface area contributed by atoms with Crippen molar-refractivity contribution in [1.82, 2.24) is 0 Å². The van der Waals surface area contributed by atoms with Crippen LogP contribution in [0.4, 0.5) is 4.39 Å². The fraction of sp³-hybridized carbons (Fsp3) is 0.278. The van der Waals surface area contributed by atoms with E-state index in [-0.39, 0.29) is 18.0 Å². The Morgan fingerprint density at radius 3 is 2.33 bits per heavy atom. The quantitative estimate of drug-likeness (QED) is 0.788. The summed E-state index contributed by atoms with van der Waals surface area (Å²) in [4.78, 5) is 12.5. The van der Waals surface area contributed by atoms with Crippen molar-refractivity contribution in [2.45, 2.75) is 27.2 Å². The number of methoxy groups -OCH3 is 1. The zero-order valence-electron chi connectivity index (χ0n) is 12.8. The fourth-order valence-corrected chi connectivity index (χ4v) is 2.73. The van der Waals surface area contributed by atoms with E-state index in [2.05, 4.69) is 0 Å². The molecule has 0 radical (unpaired) electrons. The fourth-order valence-electron chi connectivity index (χ4n) is 2.73. The summed E-state index contributed by atoms with van der Waals surface area (Å²) in [6.45, 7) is 5.82. The van der Waals surface area contributed by atoms with Gasteiger partial charge in [0.2, 0.25) is 0 Å². The molecule has 0 fully saturated rings. The summed E-state index contributed by atoms with van der Waals surface area (Å²) >= 11 is 0. The Hall–Kier alpha value is -2.16. The molecule has 2 rings (SSSR count). The van der Waals surface area contributed by atoms with Gasteiger partial charge in [0, 0.05) is 12.0 Å². The Labute approximate surface area is 124 Å². The number of halogens is 1. The van der Waals surface area contributed by atoms with Gasteiger partial charge in [-0.15, -0.1) is 0 Å². The molecular formula is C18H19FO2. The summed E-state index contributed by atoms with van der Waals surface area (Å²) in [7, 11) is 1.41. The third-order valence-corrected chi connectivity index (χ3v) is 3.57. The molecule has 21 heavy (non-hydrogen) atoms. The molecule has 0 atom stereocenters. The largest absolute Gasteiger partial charge is 0.494 e. The van der Waals surface area contributed by atoms with Crippen molar-refractivity contribution < 1.29 is 13.9 Å². The van der Waals surface area contributed by atoms with Crippen molar-refractivity contribution in [3.8, 4) is 5.75 Å². The summed E-state index contributed by atoms with van der Waals surface area (Å²) < 4.78 is 19.1. The lowest BCUT2D eigenvalue weighted by atomic mass is 9.93. The molecule has 0 aromatic heterocycles. The van der Waals surface area contributed by atoms with Gasteiger partial charge < -0.3 is 4.74 Å². The summed E-state index contributed by atoms with van der Waals surface area (Å²) in [5, 5.41) is 0. The van der Waals surface area contributed by atoms with Crippen LogP contribution < -0.4 is 4.74 Å². The van der Waals surface area contributed by atoms with Gasteiger partial charge >= 0.3 is 0 Å². The lowest BCUT2D eigenvalue weighted by Gasteiger charge is -2.11. The summed E-state index contributed by atoms with van der Waals surface area (Å²) in [6, 6.07) is 8.81. The first kappa shape index (κ1) is 15.2. The smallest absolute Gasteiger partial charge is 0.168 e. The molecule has 2 nitrogen and oxygen atoms in total.